The van der Waals surface area contributed by atoms with E-state index in [2.05, 4.69) is 399 Å². The first-order chi connectivity index (χ1) is 72.7. The average molecular weight is 1930 g/mol. The molecule has 0 saturated heterocycles. The van der Waals surface area contributed by atoms with Gasteiger partial charge >= 0.3 is 23.9 Å². The van der Waals surface area contributed by atoms with Crippen LogP contribution in [0.25, 0.3) is 0 Å². The van der Waals surface area contributed by atoms with Gasteiger partial charge in [0.2, 0.25) is 0 Å². The van der Waals surface area contributed by atoms with Crippen LogP contribution >= 0.6 is 0 Å². The summed E-state index contributed by atoms with van der Waals surface area (Å²) in [6.07, 6.45) is 35.3. The van der Waals surface area contributed by atoms with Gasteiger partial charge in [-0.1, -0.05) is 106 Å². The molecule has 4 fully saturated rings. The van der Waals surface area contributed by atoms with E-state index < -0.39 is 23.9 Å². The minimum absolute atomic E-state index is 0.0219. The summed E-state index contributed by atoms with van der Waals surface area (Å²) in [6.45, 7) is 5.62. The van der Waals surface area contributed by atoms with Crippen LogP contribution in [0.5, 0.6) is 17.2 Å². The van der Waals surface area contributed by atoms with E-state index in [1.807, 2.05) is 12.1 Å². The van der Waals surface area contributed by atoms with Crippen molar-refractivity contribution in [1.82, 2.24) is 42.5 Å². The normalized spacial score (nSPS) is 16.3. The van der Waals surface area contributed by atoms with Gasteiger partial charge < -0.3 is 76.8 Å². The lowest BCUT2D eigenvalue weighted by atomic mass is 9.88. The molecule has 4 aromatic rings. The Kier molecular flexibility index (Phi) is 51.6. The highest BCUT2D eigenvalue weighted by atomic mass is 16.5. The van der Waals surface area contributed by atoms with Gasteiger partial charge in [0.25, 0.3) is 0 Å². The summed E-state index contributed by atoms with van der Waals surface area (Å²) >= 11 is 0. The number of phenols is 3. The maximum Gasteiger partial charge on any atom is 0.324 e. The highest BCUT2D eigenvalue weighted by molar-refractivity contribution is 5.76. The van der Waals surface area contributed by atoms with E-state index >= 15 is 0 Å². The first-order valence-electron chi connectivity index (χ1n) is 47.2. The number of carbonyl (C=O) groups excluding carboxylic acids is 4. The van der Waals surface area contributed by atoms with E-state index in [4.69, 9.17) is 38.2 Å². The largest absolute Gasteiger partial charge is 0.507 e. The third kappa shape index (κ3) is 43.9. The molecule has 0 aromatic heterocycles. The standard InChI is InChI=1S/C129H94N8O11/c1-6-10-14-18-22-26-30-34-38-42-46-50-54-66-78-145-123(138)90-103-82-107-94-130-115-70-58-60-72-117(115)132-96-109-84-104(91-124(139)146-79-67-55-51-47-43-39-35-31-27-23-19-15-11-7-2)86-111(127(109)142)98-134-119-74-62-64-76-121(119)136-100-113-88-106(93-126(141)148-81-69-57-53-49-45-41-37-33-29-25-21-17-13-9-4)89-114(129(113)144)101-137-122-77-65-63-75-120(122)135-99-112-87-105(92-125(140)147-80-68-56-52-48-44-40-36-32-28-24-20-16-12-8-3)85-110(128(112)143)97-133-118-73-61-59-71-116(118)131-95-108(83-103)102(107)5/h2-4,82-89,115-122,130-137,142-144H,58-65,70-78,90-101H2,1,5H3. The van der Waals surface area contributed by atoms with Gasteiger partial charge in [0.05, 0.1) is 25.7 Å². The fourth-order valence-corrected chi connectivity index (χ4v) is 16.3. The molecule has 0 radical (unpaired) electrons. The number of hydrogen-bond acceptors (Lipinski definition) is 19. The number of benzene rings is 4. The summed E-state index contributed by atoms with van der Waals surface area (Å²) in [5.74, 6) is 138. The van der Waals surface area contributed by atoms with Crippen LogP contribution in [-0.2, 0) is 116 Å². The van der Waals surface area contributed by atoms with Crippen LogP contribution in [0.1, 0.15) is 182 Å². The Hall–Kier alpha value is -19.8. The molecule has 5 aliphatic rings. The lowest BCUT2D eigenvalue weighted by Crippen LogP contribution is -2.49. The quantitative estimate of drug-likeness (QED) is 0.0443. The molecule has 1 aliphatic heterocycles. The van der Waals surface area contributed by atoms with Crippen molar-refractivity contribution >= 4 is 23.9 Å². The summed E-state index contributed by atoms with van der Waals surface area (Å²) in [7, 11) is 0. The van der Waals surface area contributed by atoms with E-state index in [-0.39, 0.29) is 137 Å². The van der Waals surface area contributed by atoms with Gasteiger partial charge in [0, 0.05) is 258 Å². The molecule has 4 aliphatic carbocycles. The monoisotopic (exact) mass is 1930 g/mol. The summed E-state index contributed by atoms with van der Waals surface area (Å²) in [4.78, 5) is 55.2. The summed E-state index contributed by atoms with van der Waals surface area (Å²) < 4.78 is 21.8. The van der Waals surface area contributed by atoms with Gasteiger partial charge in [-0.25, -0.2) is 0 Å². The fourth-order valence-electron chi connectivity index (χ4n) is 16.3. The predicted molar refractivity (Wildman–Crippen MR) is 568 cm³/mol. The second kappa shape index (κ2) is 68.3. The second-order valence-corrected chi connectivity index (χ2v) is 32.7. The third-order valence-electron chi connectivity index (χ3n) is 22.9. The number of fused-ring (bicyclic) bond motifs is 12. The van der Waals surface area contributed by atoms with Crippen LogP contribution in [0.3, 0.4) is 0 Å². The van der Waals surface area contributed by atoms with E-state index in [1.54, 1.807) is 43.3 Å². The third-order valence-corrected chi connectivity index (χ3v) is 22.9. The molecule has 4 saturated carbocycles. The molecule has 8 bridgehead atoms. The first kappa shape index (κ1) is 112. The zero-order valence-corrected chi connectivity index (χ0v) is 81.6. The zero-order valence-electron chi connectivity index (χ0n) is 81.6. The van der Waals surface area contributed by atoms with Gasteiger partial charge in [-0.2, -0.15) is 0 Å². The Bertz CT molecular complexity index is 7590. The van der Waals surface area contributed by atoms with E-state index in [1.165, 1.54) is 0 Å². The number of carbonyl (C=O) groups is 4. The molecule has 8 unspecified atom stereocenters. The highest BCUT2D eigenvalue weighted by Gasteiger charge is 2.32. The average Bonchev–Trinajstić information content (AvgIpc) is 0.822. The number of nitrogens with one attached hydrogen (secondary N) is 8. The summed E-state index contributed by atoms with van der Waals surface area (Å²) in [5, 5.41) is 68.2. The maximum atomic E-state index is 13.9. The van der Waals surface area contributed by atoms with Crippen molar-refractivity contribution in [3.05, 3.63) is 121 Å². The molecular formula is C129H94N8O11. The maximum absolute atomic E-state index is 13.9. The first-order valence-corrected chi connectivity index (χ1v) is 47.2. The molecule has 8 atom stereocenters. The molecule has 11 N–H and O–H groups in total. The Labute approximate surface area is 871 Å². The molecule has 1 heterocycles. The predicted octanol–water partition coefficient (Wildman–Crippen LogP) is 7.42. The van der Waals surface area contributed by atoms with Gasteiger partial charge in [0.1, 0.15) is 35.6 Å². The zero-order chi connectivity index (χ0) is 105. The van der Waals surface area contributed by atoms with E-state index in [0.29, 0.717) is 63.2 Å². The molecule has 4 aromatic carbocycles. The number of rotatable bonds is 9. The van der Waals surface area contributed by atoms with Gasteiger partial charge in [-0.3, -0.25) is 19.2 Å². The minimum atomic E-state index is -0.679. The Morgan fingerprint density at radius 1 is 0.257 bits per heavy atom. The number of aromatic hydroxyl groups is 3. The molecule has 0 spiro atoms. The Morgan fingerprint density at radius 3 is 0.642 bits per heavy atom. The van der Waals surface area contributed by atoms with E-state index in [9.17, 15) is 34.5 Å². The molecule has 19 heteroatoms. The summed E-state index contributed by atoms with van der Waals surface area (Å²) in [6, 6.07) is 13.9. The number of esters is 4. The number of hydrogen-bond donors (Lipinski definition) is 11. The van der Waals surface area contributed by atoms with Crippen LogP contribution in [-0.4, -0.2) is 94.1 Å². The van der Waals surface area contributed by atoms with Crippen molar-refractivity contribution in [3.8, 4) is 386 Å². The minimum Gasteiger partial charge on any atom is -0.507 e. The number of ether oxygens (including phenoxy) is 4. The van der Waals surface area contributed by atoms with Crippen molar-refractivity contribution in [2.24, 2.45) is 0 Å². The van der Waals surface area contributed by atoms with Crippen molar-refractivity contribution in [2.45, 2.75) is 243 Å². The molecule has 19 nitrogen and oxygen atoms in total. The molecule has 0 amide bonds. The lowest BCUT2D eigenvalue weighted by molar-refractivity contribution is -0.141. The van der Waals surface area contributed by atoms with Gasteiger partial charge in [-0.05, 0) is 305 Å². The topological polar surface area (TPSA) is 262 Å². The van der Waals surface area contributed by atoms with Crippen molar-refractivity contribution < 1.29 is 53.4 Å². The fraction of sp³-hybridized carbons (Fsp3) is 0.302. The van der Waals surface area contributed by atoms with Gasteiger partial charge in [0.15, 0.2) is 6.61 Å². The number of terminal acetylenes is 3. The second-order valence-electron chi connectivity index (χ2n) is 32.7. The van der Waals surface area contributed by atoms with Crippen LogP contribution in [0.2, 0.25) is 0 Å². The van der Waals surface area contributed by atoms with Crippen LogP contribution < -0.4 is 42.5 Å². The van der Waals surface area contributed by atoms with Crippen molar-refractivity contribution in [2.75, 3.05) is 6.61 Å². The van der Waals surface area contributed by atoms with Crippen LogP contribution in [0.4, 0.5) is 0 Å². The molecule has 9 rings (SSSR count). The van der Waals surface area contributed by atoms with Crippen molar-refractivity contribution in [3.63, 3.8) is 0 Å². The summed E-state index contributed by atoms with van der Waals surface area (Å²) in [5.41, 5.74) is 8.62. The lowest BCUT2D eigenvalue weighted by Gasteiger charge is -2.35. The number of phenolic OH excluding ortho intramolecular Hbond substituents is 3. The Balaban J connectivity index is 1.05. The highest BCUT2D eigenvalue weighted by Crippen LogP contribution is 2.34. The van der Waals surface area contributed by atoms with Crippen LogP contribution in [0, 0.1) is 376 Å². The van der Waals surface area contributed by atoms with Gasteiger partial charge in [-0.15, -0.1) is 19.3 Å². The molecule has 148 heavy (non-hydrogen) atoms. The van der Waals surface area contributed by atoms with Crippen LogP contribution in [0.15, 0.2) is 48.5 Å². The molecular weight excluding hydrogens is 1840 g/mol. The van der Waals surface area contributed by atoms with E-state index in [0.717, 1.165) is 125 Å². The molecule has 716 valence electrons. The smallest absolute Gasteiger partial charge is 0.324 e. The Morgan fingerprint density at radius 2 is 0.432 bits per heavy atom. The van der Waals surface area contributed by atoms with Crippen molar-refractivity contribution in [1.29, 1.82) is 0 Å². The SMILES string of the molecule is C#CC#CC#CC#CC#CC#CC#CC#COC(=O)Cc1cc2c(O)c(c1)CNC1CCCCC1NCc1cc(CC(=O)OC#CC#CC#CC#CC#CC#CC#CC#C)cc(c1O)CNC1CCCCC1NCc1cc(CC(=O)OC#CC#CC#CC#CC#CC#CC#CC#C)cc(c1O)CNC1CCCCC1NCc1cc(CC(=O)OCC#CC#CC#CC#CC#CC#CC#CC)cc(c1C)CNC1CCCCC1NC2.